The summed E-state index contributed by atoms with van der Waals surface area (Å²) in [5.74, 6) is 0.444. The molecule has 4 heteroatoms. The maximum absolute atomic E-state index is 13.1. The minimum Gasteiger partial charge on any atom is -0.216 e. The molecule has 3 rings (SSSR count). The fraction of sp³-hybridized carbons (Fsp3) is 0.100. The van der Waals surface area contributed by atoms with Gasteiger partial charge in [-0.05, 0) is 27.5 Å². The lowest BCUT2D eigenvalue weighted by Gasteiger charge is -2.18. The Bertz CT molecular complexity index is 822. The third-order valence-corrected chi connectivity index (χ3v) is 7.54. The predicted octanol–water partition coefficient (Wildman–Crippen LogP) is 5.04. The first-order valence-electron chi connectivity index (χ1n) is 7.69. The third kappa shape index (κ3) is 4.08. The Hall–Kier alpha value is -2.04. The van der Waals surface area contributed by atoms with Crippen LogP contribution in [0.1, 0.15) is 21.9 Å². The largest absolute Gasteiger partial charge is 0.216 e. The molecule has 0 aromatic heterocycles. The molecular formula is C20H18O2S2. The number of hydrogen-bond donors (Lipinski definition) is 0. The quantitative estimate of drug-likeness (QED) is 0.582. The van der Waals surface area contributed by atoms with Crippen LogP contribution in [0.5, 0.6) is 0 Å². The van der Waals surface area contributed by atoms with Gasteiger partial charge in [-0.2, -0.15) is 0 Å². The highest BCUT2D eigenvalue weighted by Crippen LogP contribution is 2.37. The van der Waals surface area contributed by atoms with Gasteiger partial charge < -0.3 is 0 Å². The van der Waals surface area contributed by atoms with Crippen LogP contribution in [0.25, 0.3) is 0 Å². The van der Waals surface area contributed by atoms with Gasteiger partial charge in [-0.3, -0.25) is 0 Å². The van der Waals surface area contributed by atoms with Crippen LogP contribution < -0.4 is 0 Å². The molecule has 2 nitrogen and oxygen atoms in total. The summed E-state index contributed by atoms with van der Waals surface area (Å²) in [4.78, 5) is 0. The van der Waals surface area contributed by atoms with Crippen LogP contribution in [-0.4, -0.2) is 8.42 Å². The molecule has 0 N–H and O–H groups in total. The highest BCUT2D eigenvalue weighted by Gasteiger charge is 2.29. The van der Waals surface area contributed by atoms with E-state index in [2.05, 4.69) is 0 Å². The van der Waals surface area contributed by atoms with Crippen molar-refractivity contribution >= 4 is 19.7 Å². The molecule has 0 aliphatic carbocycles. The number of benzene rings is 3. The van der Waals surface area contributed by atoms with E-state index in [0.717, 1.165) is 27.5 Å². The number of hydrogen-bond acceptors (Lipinski definition) is 3. The summed E-state index contributed by atoms with van der Waals surface area (Å²) in [6, 6.07) is 28.5. The minimum atomic E-state index is -3.41. The molecule has 0 heterocycles. The summed E-state index contributed by atoms with van der Waals surface area (Å²) in [7, 11) is -2.41. The summed E-state index contributed by atoms with van der Waals surface area (Å²) in [5.41, 5.74) is 2.60. The van der Waals surface area contributed by atoms with Gasteiger partial charge in [0.05, 0.1) is 0 Å². The molecule has 122 valence electrons. The second-order valence-electron chi connectivity index (χ2n) is 5.44. The van der Waals surface area contributed by atoms with Gasteiger partial charge in [0, 0.05) is 5.75 Å². The van der Waals surface area contributed by atoms with Crippen molar-refractivity contribution in [1.82, 2.24) is 0 Å². The molecule has 0 amide bonds. The van der Waals surface area contributed by atoms with Crippen LogP contribution in [0.3, 0.4) is 0 Å². The van der Waals surface area contributed by atoms with Crippen LogP contribution >= 0.6 is 10.8 Å². The predicted molar refractivity (Wildman–Crippen MR) is 101 cm³/mol. The van der Waals surface area contributed by atoms with Crippen molar-refractivity contribution in [2.24, 2.45) is 0 Å². The van der Waals surface area contributed by atoms with Gasteiger partial charge in [0.1, 0.15) is 5.25 Å². The SMILES string of the molecule is O=S(=O)(SCc1ccccc1)C(c1ccccc1)c1ccccc1. The fourth-order valence-corrected chi connectivity index (χ4v) is 6.16. The average molecular weight is 354 g/mol. The first-order chi connectivity index (χ1) is 11.7. The van der Waals surface area contributed by atoms with Crippen molar-refractivity contribution in [3.05, 3.63) is 108 Å². The fourth-order valence-electron chi connectivity index (χ4n) is 2.57. The van der Waals surface area contributed by atoms with Crippen molar-refractivity contribution < 1.29 is 8.42 Å². The first kappa shape index (κ1) is 16.8. The first-order valence-corrected chi connectivity index (χ1v) is 10.7. The Morgan fingerprint density at radius 3 is 1.54 bits per heavy atom. The van der Waals surface area contributed by atoms with Crippen molar-refractivity contribution in [3.63, 3.8) is 0 Å². The Kier molecular flexibility index (Phi) is 5.38. The van der Waals surface area contributed by atoms with E-state index in [0.29, 0.717) is 5.75 Å². The van der Waals surface area contributed by atoms with E-state index >= 15 is 0 Å². The van der Waals surface area contributed by atoms with E-state index in [9.17, 15) is 8.42 Å². The maximum Gasteiger partial charge on any atom is 0.213 e. The topological polar surface area (TPSA) is 34.1 Å². The number of rotatable bonds is 6. The van der Waals surface area contributed by atoms with Gasteiger partial charge in [-0.1, -0.05) is 91.0 Å². The summed E-state index contributed by atoms with van der Waals surface area (Å²) in [6.07, 6.45) is 0. The Morgan fingerprint density at radius 2 is 1.08 bits per heavy atom. The summed E-state index contributed by atoms with van der Waals surface area (Å²) >= 11 is 0. The van der Waals surface area contributed by atoms with Gasteiger partial charge in [0.2, 0.25) is 8.87 Å². The van der Waals surface area contributed by atoms with E-state index in [1.807, 2.05) is 91.0 Å². The van der Waals surface area contributed by atoms with Crippen LogP contribution in [0.2, 0.25) is 0 Å². The Morgan fingerprint density at radius 1 is 0.667 bits per heavy atom. The molecule has 0 spiro atoms. The van der Waals surface area contributed by atoms with Crippen molar-refractivity contribution in [2.75, 3.05) is 0 Å². The van der Waals surface area contributed by atoms with E-state index in [1.165, 1.54) is 0 Å². The summed E-state index contributed by atoms with van der Waals surface area (Å²) in [6.45, 7) is 0. The highest BCUT2D eigenvalue weighted by atomic mass is 33.1. The summed E-state index contributed by atoms with van der Waals surface area (Å²) < 4.78 is 26.1. The smallest absolute Gasteiger partial charge is 0.213 e. The monoisotopic (exact) mass is 354 g/mol. The van der Waals surface area contributed by atoms with Crippen LogP contribution in [-0.2, 0) is 14.6 Å². The van der Waals surface area contributed by atoms with E-state index in [-0.39, 0.29) is 0 Å². The lowest BCUT2D eigenvalue weighted by Crippen LogP contribution is -2.11. The molecule has 0 unspecified atom stereocenters. The maximum atomic E-state index is 13.1. The Labute approximate surface area is 146 Å². The lowest BCUT2D eigenvalue weighted by molar-refractivity contribution is 0.604. The van der Waals surface area contributed by atoms with E-state index in [1.54, 1.807) is 0 Å². The molecule has 3 aromatic rings. The normalized spacial score (nSPS) is 11.5. The zero-order valence-corrected chi connectivity index (χ0v) is 14.7. The van der Waals surface area contributed by atoms with Crippen LogP contribution in [0.4, 0.5) is 0 Å². The molecule has 0 atom stereocenters. The molecule has 0 saturated heterocycles. The van der Waals surface area contributed by atoms with Crippen molar-refractivity contribution in [1.29, 1.82) is 0 Å². The van der Waals surface area contributed by atoms with Gasteiger partial charge in [-0.25, -0.2) is 8.42 Å². The molecule has 0 aliphatic heterocycles. The zero-order chi connectivity index (χ0) is 16.8. The molecule has 3 aromatic carbocycles. The molecule has 0 bridgehead atoms. The standard InChI is InChI=1S/C20H18O2S2/c21-24(22,23-16-17-10-4-1-5-11-17)20(18-12-6-2-7-13-18)19-14-8-3-9-15-19/h1-15,20H,16H2. The minimum absolute atomic E-state index is 0.444. The van der Waals surface area contributed by atoms with E-state index in [4.69, 9.17) is 0 Å². The third-order valence-electron chi connectivity index (χ3n) is 3.73. The molecule has 0 radical (unpaired) electrons. The van der Waals surface area contributed by atoms with Crippen molar-refractivity contribution in [3.8, 4) is 0 Å². The van der Waals surface area contributed by atoms with E-state index < -0.39 is 14.1 Å². The molecule has 0 fully saturated rings. The van der Waals surface area contributed by atoms with Crippen LogP contribution in [0.15, 0.2) is 91.0 Å². The van der Waals surface area contributed by atoms with Crippen molar-refractivity contribution in [2.45, 2.75) is 11.0 Å². The second kappa shape index (κ2) is 7.69. The van der Waals surface area contributed by atoms with Crippen LogP contribution in [0, 0.1) is 0 Å². The highest BCUT2D eigenvalue weighted by molar-refractivity contribution is 8.71. The molecule has 0 saturated carbocycles. The van der Waals surface area contributed by atoms with Gasteiger partial charge in [0.25, 0.3) is 0 Å². The lowest BCUT2D eigenvalue weighted by atomic mass is 10.0. The summed E-state index contributed by atoms with van der Waals surface area (Å²) in [5, 5.41) is -0.659. The van der Waals surface area contributed by atoms with Gasteiger partial charge in [0.15, 0.2) is 0 Å². The average Bonchev–Trinajstić information content (AvgIpc) is 2.63. The van der Waals surface area contributed by atoms with Gasteiger partial charge in [-0.15, -0.1) is 0 Å². The molecular weight excluding hydrogens is 336 g/mol. The Balaban J connectivity index is 1.93. The zero-order valence-electron chi connectivity index (χ0n) is 13.1. The molecule has 24 heavy (non-hydrogen) atoms. The van der Waals surface area contributed by atoms with Gasteiger partial charge >= 0.3 is 0 Å². The molecule has 0 aliphatic rings. The second-order valence-corrected chi connectivity index (χ2v) is 9.52.